The Kier molecular flexibility index (Phi) is 4.48. The number of nitrogens with one attached hydrogen (secondary N) is 1. The lowest BCUT2D eigenvalue weighted by Gasteiger charge is -2.18. The van der Waals surface area contributed by atoms with E-state index in [4.69, 9.17) is 0 Å². The third-order valence-corrected chi connectivity index (χ3v) is 5.30. The molecule has 3 atom stereocenters. The first-order valence-electron chi connectivity index (χ1n) is 8.53. The molecule has 22 heavy (non-hydrogen) atoms. The summed E-state index contributed by atoms with van der Waals surface area (Å²) in [5, 5.41) is 13.0. The number of fused-ring (bicyclic) bond motifs is 1. The molecule has 0 spiro atoms. The van der Waals surface area contributed by atoms with E-state index in [1.54, 1.807) is 6.20 Å². The molecule has 1 fully saturated rings. The summed E-state index contributed by atoms with van der Waals surface area (Å²) in [6.45, 7) is 4.26. The van der Waals surface area contributed by atoms with Gasteiger partial charge in [0, 0.05) is 5.92 Å². The fourth-order valence-electron chi connectivity index (χ4n) is 3.89. The summed E-state index contributed by atoms with van der Waals surface area (Å²) in [4.78, 5) is 17.0. The van der Waals surface area contributed by atoms with E-state index in [9.17, 15) is 9.90 Å². The Bertz CT molecular complexity index is 570. The highest BCUT2D eigenvalue weighted by atomic mass is 16.3. The predicted molar refractivity (Wildman–Crippen MR) is 86.6 cm³/mol. The summed E-state index contributed by atoms with van der Waals surface area (Å²) in [5.74, 6) is 0.889. The molecule has 0 saturated heterocycles. The van der Waals surface area contributed by atoms with Crippen molar-refractivity contribution in [1.82, 2.24) is 4.98 Å². The number of anilines is 1. The van der Waals surface area contributed by atoms with Gasteiger partial charge in [0.05, 0.1) is 23.7 Å². The van der Waals surface area contributed by atoms with Gasteiger partial charge in [0.2, 0.25) is 5.91 Å². The number of nitrogens with zero attached hydrogens (tertiary/aromatic N) is 1. The molecule has 4 nitrogen and oxygen atoms in total. The quantitative estimate of drug-likeness (QED) is 0.822. The van der Waals surface area contributed by atoms with Crippen LogP contribution < -0.4 is 5.32 Å². The Hall–Kier alpha value is -1.42. The summed E-state index contributed by atoms with van der Waals surface area (Å²) in [6, 6.07) is 0. The van der Waals surface area contributed by atoms with E-state index in [2.05, 4.69) is 17.2 Å². The topological polar surface area (TPSA) is 62.2 Å². The molecule has 2 unspecified atom stereocenters. The Morgan fingerprint density at radius 1 is 1.32 bits per heavy atom. The van der Waals surface area contributed by atoms with Gasteiger partial charge in [-0.05, 0) is 49.7 Å². The van der Waals surface area contributed by atoms with Crippen molar-refractivity contribution in [2.75, 3.05) is 5.32 Å². The minimum absolute atomic E-state index is 0.121. The number of aliphatic hydroxyl groups is 1. The number of aliphatic hydroxyl groups excluding tert-OH is 1. The van der Waals surface area contributed by atoms with Crippen LogP contribution >= 0.6 is 0 Å². The van der Waals surface area contributed by atoms with Crippen LogP contribution in [-0.2, 0) is 11.2 Å². The summed E-state index contributed by atoms with van der Waals surface area (Å²) < 4.78 is 0. The van der Waals surface area contributed by atoms with E-state index in [0.29, 0.717) is 5.92 Å². The SMILES string of the molecule is Cc1c(NC(=O)C2CCCC[C@@H](C)C2)cnc2c1CCC2O. The number of aromatic nitrogens is 1. The van der Waals surface area contributed by atoms with Crippen molar-refractivity contribution < 1.29 is 9.90 Å². The van der Waals surface area contributed by atoms with Crippen LogP contribution in [0, 0.1) is 18.8 Å². The lowest BCUT2D eigenvalue weighted by Crippen LogP contribution is -2.24. The second kappa shape index (κ2) is 6.37. The van der Waals surface area contributed by atoms with Crippen molar-refractivity contribution in [2.45, 2.75) is 64.9 Å². The third-order valence-electron chi connectivity index (χ3n) is 5.30. The van der Waals surface area contributed by atoms with E-state index < -0.39 is 6.10 Å². The van der Waals surface area contributed by atoms with Gasteiger partial charge in [0.15, 0.2) is 0 Å². The molecule has 1 amide bonds. The molecule has 4 heteroatoms. The van der Waals surface area contributed by atoms with Crippen LogP contribution in [0.5, 0.6) is 0 Å². The van der Waals surface area contributed by atoms with Gasteiger partial charge >= 0.3 is 0 Å². The second-order valence-corrected chi connectivity index (χ2v) is 7.03. The van der Waals surface area contributed by atoms with Crippen molar-refractivity contribution in [3.8, 4) is 0 Å². The smallest absolute Gasteiger partial charge is 0.227 e. The van der Waals surface area contributed by atoms with E-state index >= 15 is 0 Å². The summed E-state index contributed by atoms with van der Waals surface area (Å²) in [7, 11) is 0. The number of hydrogen-bond acceptors (Lipinski definition) is 3. The fourth-order valence-corrected chi connectivity index (χ4v) is 3.89. The fraction of sp³-hybridized carbons (Fsp3) is 0.667. The molecule has 120 valence electrons. The average Bonchev–Trinajstić information content (AvgIpc) is 2.73. The number of carbonyl (C=O) groups is 1. The lowest BCUT2D eigenvalue weighted by molar-refractivity contribution is -0.120. The number of rotatable bonds is 2. The monoisotopic (exact) mass is 302 g/mol. The Balaban J connectivity index is 1.74. The molecule has 2 aliphatic rings. The maximum Gasteiger partial charge on any atom is 0.227 e. The average molecular weight is 302 g/mol. The zero-order valence-corrected chi connectivity index (χ0v) is 13.6. The number of pyridine rings is 1. The molecule has 1 aromatic heterocycles. The van der Waals surface area contributed by atoms with Gasteiger partial charge in [-0.3, -0.25) is 9.78 Å². The molecular formula is C18H26N2O2. The van der Waals surface area contributed by atoms with Crippen molar-refractivity contribution in [2.24, 2.45) is 11.8 Å². The molecule has 0 bridgehead atoms. The molecule has 0 radical (unpaired) electrons. The lowest BCUT2D eigenvalue weighted by atomic mass is 9.93. The summed E-state index contributed by atoms with van der Waals surface area (Å²) in [5.41, 5.74) is 3.78. The third kappa shape index (κ3) is 3.02. The van der Waals surface area contributed by atoms with Crippen molar-refractivity contribution in [3.63, 3.8) is 0 Å². The molecule has 1 saturated carbocycles. The van der Waals surface area contributed by atoms with Crippen LogP contribution in [0.25, 0.3) is 0 Å². The highest BCUT2D eigenvalue weighted by molar-refractivity contribution is 5.93. The van der Waals surface area contributed by atoms with Gasteiger partial charge < -0.3 is 10.4 Å². The van der Waals surface area contributed by atoms with Crippen molar-refractivity contribution >= 4 is 11.6 Å². The highest BCUT2D eigenvalue weighted by Gasteiger charge is 2.27. The van der Waals surface area contributed by atoms with Crippen molar-refractivity contribution in [3.05, 3.63) is 23.0 Å². The number of hydrogen-bond donors (Lipinski definition) is 2. The molecule has 1 aromatic rings. The maximum absolute atomic E-state index is 12.6. The van der Waals surface area contributed by atoms with Crippen LogP contribution in [0.2, 0.25) is 0 Å². The molecule has 3 rings (SSSR count). The summed E-state index contributed by atoms with van der Waals surface area (Å²) >= 11 is 0. The van der Waals surface area contributed by atoms with Crippen LogP contribution in [0.1, 0.15) is 68.4 Å². The minimum atomic E-state index is -0.443. The van der Waals surface area contributed by atoms with Gasteiger partial charge in [0.1, 0.15) is 0 Å². The molecule has 1 heterocycles. The molecule has 2 N–H and O–H groups in total. The van der Waals surface area contributed by atoms with Crippen LogP contribution in [-0.4, -0.2) is 16.0 Å². The molecule has 0 aliphatic heterocycles. The summed E-state index contributed by atoms with van der Waals surface area (Å²) in [6.07, 6.45) is 8.45. The van der Waals surface area contributed by atoms with Crippen molar-refractivity contribution in [1.29, 1.82) is 0 Å². The Labute approximate surface area is 132 Å². The number of amides is 1. The van der Waals surface area contributed by atoms with E-state index in [-0.39, 0.29) is 11.8 Å². The van der Waals surface area contributed by atoms with E-state index in [1.807, 2.05) is 6.92 Å². The van der Waals surface area contributed by atoms with Gasteiger partial charge in [-0.2, -0.15) is 0 Å². The van der Waals surface area contributed by atoms with E-state index in [1.165, 1.54) is 12.8 Å². The first kappa shape index (κ1) is 15.5. The van der Waals surface area contributed by atoms with Crippen LogP contribution in [0.15, 0.2) is 6.20 Å². The standard InChI is InChI=1S/C18H26N2O2/c1-11-5-3-4-6-13(9-11)18(22)20-15-10-19-17-14(12(15)2)7-8-16(17)21/h10-11,13,16,21H,3-9H2,1-2H3,(H,20,22)/t11-,13?,16?/m1/s1. The molecule has 2 aliphatic carbocycles. The minimum Gasteiger partial charge on any atom is -0.387 e. The second-order valence-electron chi connectivity index (χ2n) is 7.03. The van der Waals surface area contributed by atoms with Gasteiger partial charge in [-0.1, -0.05) is 26.2 Å². The highest BCUT2D eigenvalue weighted by Crippen LogP contribution is 2.35. The number of carbonyl (C=O) groups excluding carboxylic acids is 1. The van der Waals surface area contributed by atoms with Crippen LogP contribution in [0.4, 0.5) is 5.69 Å². The van der Waals surface area contributed by atoms with Gasteiger partial charge in [-0.15, -0.1) is 0 Å². The molecular weight excluding hydrogens is 276 g/mol. The Morgan fingerprint density at radius 3 is 2.91 bits per heavy atom. The zero-order chi connectivity index (χ0) is 15.7. The van der Waals surface area contributed by atoms with Crippen LogP contribution in [0.3, 0.4) is 0 Å². The first-order valence-corrected chi connectivity index (χ1v) is 8.53. The zero-order valence-electron chi connectivity index (χ0n) is 13.6. The van der Waals surface area contributed by atoms with Gasteiger partial charge in [-0.25, -0.2) is 0 Å². The Morgan fingerprint density at radius 2 is 2.09 bits per heavy atom. The van der Waals surface area contributed by atoms with Gasteiger partial charge in [0.25, 0.3) is 0 Å². The molecule has 0 aromatic carbocycles. The maximum atomic E-state index is 12.6. The van der Waals surface area contributed by atoms with E-state index in [0.717, 1.165) is 54.6 Å². The first-order chi connectivity index (χ1) is 10.6. The largest absolute Gasteiger partial charge is 0.387 e. The predicted octanol–water partition coefficient (Wildman–Crippen LogP) is 3.52. The normalized spacial score (nSPS) is 28.0.